The average Bonchev–Trinajstić information content (AvgIpc) is 2.41. The van der Waals surface area contributed by atoms with Crippen LogP contribution in [0.4, 0.5) is 5.69 Å². The molecule has 0 bridgehead atoms. The van der Waals surface area contributed by atoms with Crippen LogP contribution in [0.2, 0.25) is 0 Å². The van der Waals surface area contributed by atoms with Crippen LogP contribution >= 0.6 is 0 Å². The SMILES string of the molecule is CCc1ncccn1.Cc1cccc(C)c1[N]=[Ni]. The summed E-state index contributed by atoms with van der Waals surface area (Å²) >= 11 is 4.34. The summed E-state index contributed by atoms with van der Waals surface area (Å²) in [6.07, 6.45) is 4.43. The molecule has 0 atom stereocenters. The van der Waals surface area contributed by atoms with Gasteiger partial charge in [0.15, 0.2) is 0 Å². The Kier molecular flexibility index (Phi) is 6.37. The molecule has 2 aromatic rings. The molecule has 0 aliphatic rings. The molecule has 4 heteroatoms. The molecular formula is C14H17N3Ni. The second-order valence-corrected chi connectivity index (χ2v) is 4.05. The van der Waals surface area contributed by atoms with E-state index in [0.717, 1.165) is 29.1 Å². The van der Waals surface area contributed by atoms with E-state index in [1.54, 1.807) is 12.4 Å². The Hall–Kier alpha value is -1.41. The molecule has 18 heavy (non-hydrogen) atoms. The van der Waals surface area contributed by atoms with Crippen LogP contribution in [0.25, 0.3) is 0 Å². The molecular weight excluding hydrogens is 269 g/mol. The summed E-state index contributed by atoms with van der Waals surface area (Å²) in [5.74, 6) is 0.910. The van der Waals surface area contributed by atoms with Crippen molar-refractivity contribution >= 4 is 5.69 Å². The van der Waals surface area contributed by atoms with Gasteiger partial charge in [-0.2, -0.15) is 0 Å². The summed E-state index contributed by atoms with van der Waals surface area (Å²) in [5.41, 5.74) is 3.28. The van der Waals surface area contributed by atoms with Crippen LogP contribution in [0, 0.1) is 13.8 Å². The van der Waals surface area contributed by atoms with E-state index in [4.69, 9.17) is 0 Å². The monoisotopic (exact) mass is 285 g/mol. The van der Waals surface area contributed by atoms with Gasteiger partial charge in [0.1, 0.15) is 5.82 Å². The van der Waals surface area contributed by atoms with Crippen molar-refractivity contribution < 1.29 is 15.3 Å². The van der Waals surface area contributed by atoms with Crippen LogP contribution in [-0.2, 0) is 21.7 Å². The summed E-state index contributed by atoms with van der Waals surface area (Å²) < 4.78 is 3.79. The maximum atomic E-state index is 4.34. The summed E-state index contributed by atoms with van der Waals surface area (Å²) in [6.45, 7) is 6.07. The van der Waals surface area contributed by atoms with Gasteiger partial charge < -0.3 is 0 Å². The fourth-order valence-corrected chi connectivity index (χ4v) is 1.78. The normalized spacial score (nSPS) is 9.39. The maximum absolute atomic E-state index is 4.34. The quantitative estimate of drug-likeness (QED) is 0.789. The van der Waals surface area contributed by atoms with Crippen LogP contribution < -0.4 is 0 Å². The van der Waals surface area contributed by atoms with Crippen molar-refractivity contribution in [2.24, 2.45) is 4.03 Å². The molecule has 0 aliphatic heterocycles. The average molecular weight is 286 g/mol. The van der Waals surface area contributed by atoms with E-state index in [1.807, 2.05) is 45.0 Å². The Balaban J connectivity index is 0.000000184. The van der Waals surface area contributed by atoms with E-state index in [9.17, 15) is 0 Å². The first-order valence-corrected chi connectivity index (χ1v) is 6.24. The fraction of sp³-hybridized carbons (Fsp3) is 0.286. The summed E-state index contributed by atoms with van der Waals surface area (Å²) in [4.78, 5) is 7.97. The Morgan fingerprint density at radius 2 is 1.61 bits per heavy atom. The Morgan fingerprint density at radius 3 is 1.94 bits per heavy atom. The molecule has 0 amide bonds. The van der Waals surface area contributed by atoms with Crippen molar-refractivity contribution in [2.75, 3.05) is 0 Å². The number of rotatable bonds is 2. The van der Waals surface area contributed by atoms with E-state index in [0.29, 0.717) is 0 Å². The number of hydrogen-bond donors (Lipinski definition) is 0. The Bertz CT molecular complexity index is 477. The van der Waals surface area contributed by atoms with Gasteiger partial charge in [0.05, 0.1) is 0 Å². The molecule has 3 nitrogen and oxygen atoms in total. The van der Waals surface area contributed by atoms with E-state index in [2.05, 4.69) is 29.3 Å². The van der Waals surface area contributed by atoms with Crippen LogP contribution in [-0.4, -0.2) is 9.97 Å². The molecule has 1 aromatic heterocycles. The van der Waals surface area contributed by atoms with Crippen molar-refractivity contribution in [3.05, 3.63) is 53.6 Å². The van der Waals surface area contributed by atoms with Gasteiger partial charge in [0.25, 0.3) is 0 Å². The number of nitrogens with zero attached hydrogens (tertiary/aromatic N) is 3. The molecule has 0 aliphatic carbocycles. The molecule has 0 saturated heterocycles. The topological polar surface area (TPSA) is 38.1 Å². The number of aromatic nitrogens is 2. The molecule has 0 fully saturated rings. The van der Waals surface area contributed by atoms with Crippen molar-refractivity contribution in [2.45, 2.75) is 27.2 Å². The molecule has 0 unspecified atom stereocenters. The van der Waals surface area contributed by atoms with Gasteiger partial charge in [-0.1, -0.05) is 6.92 Å². The third-order valence-electron chi connectivity index (χ3n) is 2.45. The molecule has 0 saturated carbocycles. The molecule has 1 aromatic carbocycles. The van der Waals surface area contributed by atoms with Crippen LogP contribution in [0.3, 0.4) is 0 Å². The molecule has 2 rings (SSSR count). The predicted molar refractivity (Wildman–Crippen MR) is 69.4 cm³/mol. The van der Waals surface area contributed by atoms with E-state index in [1.165, 1.54) is 0 Å². The van der Waals surface area contributed by atoms with Gasteiger partial charge in [-0.25, -0.2) is 9.97 Å². The molecule has 98 valence electrons. The minimum atomic E-state index is 0.910. The van der Waals surface area contributed by atoms with E-state index in [-0.39, 0.29) is 0 Å². The number of aryl methyl sites for hydroxylation is 3. The van der Waals surface area contributed by atoms with Crippen molar-refractivity contribution in [3.63, 3.8) is 0 Å². The zero-order chi connectivity index (χ0) is 13.4. The Morgan fingerprint density at radius 1 is 1.06 bits per heavy atom. The van der Waals surface area contributed by atoms with Gasteiger partial charge in [0.2, 0.25) is 0 Å². The molecule has 0 N–H and O–H groups in total. The van der Waals surface area contributed by atoms with Crippen LogP contribution in [0.15, 0.2) is 40.7 Å². The zero-order valence-corrected chi connectivity index (χ0v) is 11.8. The fourth-order valence-electron chi connectivity index (χ4n) is 1.43. The van der Waals surface area contributed by atoms with Gasteiger partial charge in [-0.15, -0.1) is 0 Å². The summed E-state index contributed by atoms with van der Waals surface area (Å²) in [6, 6.07) is 7.87. The van der Waals surface area contributed by atoms with E-state index >= 15 is 0 Å². The second-order valence-electron chi connectivity index (χ2n) is 3.83. The first kappa shape index (κ1) is 14.7. The second kappa shape index (κ2) is 7.83. The van der Waals surface area contributed by atoms with Crippen LogP contribution in [0.1, 0.15) is 23.9 Å². The van der Waals surface area contributed by atoms with Crippen molar-refractivity contribution in [1.29, 1.82) is 0 Å². The Labute approximate surface area is 116 Å². The predicted octanol–water partition coefficient (Wildman–Crippen LogP) is 3.70. The zero-order valence-electron chi connectivity index (χ0n) is 10.8. The number of benzene rings is 1. The number of hydrogen-bond acceptors (Lipinski definition) is 3. The molecule has 1 heterocycles. The standard InChI is InChI=1S/C8H9N.C6H8N2.Ni/c1-6-4-3-5-7(2)8(6)9;1-2-6-7-4-3-5-8-6;/h3-5H,1-2H3;3-5H,2H2,1H3;. The van der Waals surface area contributed by atoms with Gasteiger partial charge in [-0.3, -0.25) is 0 Å². The third-order valence-corrected chi connectivity index (χ3v) is 2.67. The summed E-state index contributed by atoms with van der Waals surface area (Å²) in [5, 5.41) is 0. The minimum absolute atomic E-state index is 0.910. The molecule has 0 radical (unpaired) electrons. The van der Waals surface area contributed by atoms with Gasteiger partial charge in [0, 0.05) is 18.8 Å². The molecule has 0 spiro atoms. The summed E-state index contributed by atoms with van der Waals surface area (Å²) in [7, 11) is 0. The van der Waals surface area contributed by atoms with Crippen LogP contribution in [0.5, 0.6) is 0 Å². The third kappa shape index (κ3) is 4.46. The first-order chi connectivity index (χ1) is 8.69. The van der Waals surface area contributed by atoms with Gasteiger partial charge in [-0.05, 0) is 6.07 Å². The van der Waals surface area contributed by atoms with Crippen molar-refractivity contribution in [3.8, 4) is 0 Å². The van der Waals surface area contributed by atoms with E-state index < -0.39 is 0 Å². The first-order valence-electron chi connectivity index (χ1n) is 5.80. The van der Waals surface area contributed by atoms with Crippen molar-refractivity contribution in [1.82, 2.24) is 9.97 Å². The van der Waals surface area contributed by atoms with Gasteiger partial charge >= 0.3 is 68.2 Å².